The molecule has 7 amide bonds. The third-order valence-corrected chi connectivity index (χ3v) is 8.33. The molecule has 0 aromatic rings. The minimum Gasteiger partial charge on any atom is -0.480 e. The van der Waals surface area contributed by atoms with Crippen LogP contribution in [0.4, 0.5) is 0 Å². The number of hydrogen-bond acceptors (Lipinski definition) is 11. The largest absolute Gasteiger partial charge is 0.480 e. The van der Waals surface area contributed by atoms with Gasteiger partial charge in [-0.15, -0.1) is 0 Å². The predicted molar refractivity (Wildman–Crippen MR) is 197 cm³/mol. The van der Waals surface area contributed by atoms with E-state index in [1.807, 2.05) is 0 Å². The molecule has 0 aliphatic carbocycles. The molecule has 0 saturated heterocycles. The van der Waals surface area contributed by atoms with Gasteiger partial charge in [0.1, 0.15) is 36.3 Å². The van der Waals surface area contributed by atoms with Crippen LogP contribution in [0.5, 0.6) is 0 Å². The normalized spacial score (nSPS) is 15.3. The quantitative estimate of drug-likeness (QED) is 0.0406. The fourth-order valence-corrected chi connectivity index (χ4v) is 5.10. The molecule has 0 aromatic heterocycles. The molecule has 304 valence electrons. The van der Waals surface area contributed by atoms with Crippen molar-refractivity contribution in [2.24, 2.45) is 40.7 Å². The van der Waals surface area contributed by atoms with Crippen LogP contribution >= 0.6 is 0 Å². The minimum atomic E-state index is -1.55. The zero-order valence-corrected chi connectivity index (χ0v) is 32.2. The van der Waals surface area contributed by atoms with Crippen LogP contribution < -0.4 is 54.8 Å². The lowest BCUT2D eigenvalue weighted by atomic mass is 9.97. The summed E-state index contributed by atoms with van der Waals surface area (Å²) in [4.78, 5) is 103. The molecule has 19 heteroatoms. The molecule has 53 heavy (non-hydrogen) atoms. The monoisotopic (exact) mass is 756 g/mol. The third-order valence-electron chi connectivity index (χ3n) is 8.33. The van der Waals surface area contributed by atoms with E-state index in [1.165, 1.54) is 6.92 Å². The van der Waals surface area contributed by atoms with E-state index in [0.717, 1.165) is 0 Å². The molecule has 0 aliphatic rings. The van der Waals surface area contributed by atoms with Crippen molar-refractivity contribution in [3.63, 3.8) is 0 Å². The number of carbonyl (C=O) groups is 8. The number of nitrogens with one attached hydrogen (secondary N) is 6. The Morgan fingerprint density at radius 2 is 0.830 bits per heavy atom. The Morgan fingerprint density at radius 1 is 0.491 bits per heavy atom. The number of carboxylic acids is 1. The Balaban J connectivity index is 6.04. The fourth-order valence-electron chi connectivity index (χ4n) is 5.10. The van der Waals surface area contributed by atoms with E-state index in [4.69, 9.17) is 22.9 Å². The van der Waals surface area contributed by atoms with Crippen LogP contribution in [0.15, 0.2) is 0 Å². The van der Waals surface area contributed by atoms with E-state index in [2.05, 4.69) is 31.9 Å². The number of carboxylic acid groups (broad SMARTS) is 1. The molecule has 0 fully saturated rings. The Morgan fingerprint density at radius 3 is 1.19 bits per heavy atom. The molecule has 0 saturated carbocycles. The Bertz CT molecular complexity index is 1250. The summed E-state index contributed by atoms with van der Waals surface area (Å²) in [5, 5.41) is 24.8. The van der Waals surface area contributed by atoms with Gasteiger partial charge in [-0.1, -0.05) is 41.5 Å². The zero-order chi connectivity index (χ0) is 41.0. The summed E-state index contributed by atoms with van der Waals surface area (Å²) >= 11 is 0. The van der Waals surface area contributed by atoms with E-state index in [-0.39, 0.29) is 12.8 Å². The number of carbonyl (C=O) groups excluding carboxylic acids is 7. The smallest absolute Gasteiger partial charge is 0.326 e. The number of amides is 7. The van der Waals surface area contributed by atoms with Crippen molar-refractivity contribution in [2.75, 3.05) is 13.1 Å². The van der Waals surface area contributed by atoms with Gasteiger partial charge in [-0.25, -0.2) is 4.79 Å². The highest BCUT2D eigenvalue weighted by Crippen LogP contribution is 2.11. The highest BCUT2D eigenvalue weighted by Gasteiger charge is 2.36. The van der Waals surface area contributed by atoms with Gasteiger partial charge in [-0.3, -0.25) is 33.6 Å². The van der Waals surface area contributed by atoms with Crippen molar-refractivity contribution < 1.29 is 43.5 Å². The van der Waals surface area contributed by atoms with E-state index in [1.54, 1.807) is 41.5 Å². The Labute approximate surface area is 312 Å². The molecule has 0 aliphatic heterocycles. The van der Waals surface area contributed by atoms with Gasteiger partial charge in [0.05, 0.1) is 12.5 Å². The van der Waals surface area contributed by atoms with E-state index in [9.17, 15) is 43.5 Å². The van der Waals surface area contributed by atoms with E-state index >= 15 is 0 Å². The molecule has 7 atom stereocenters. The van der Waals surface area contributed by atoms with Crippen LogP contribution in [-0.2, 0) is 38.4 Å². The summed E-state index contributed by atoms with van der Waals surface area (Å²) < 4.78 is 0. The second-order valence-electron chi connectivity index (χ2n) is 14.2. The number of hydrogen-bond donors (Lipinski definition) is 11. The molecular formula is C34H64N10O9. The van der Waals surface area contributed by atoms with Crippen LogP contribution in [-0.4, -0.2) is 108 Å². The van der Waals surface area contributed by atoms with Gasteiger partial charge in [0.25, 0.3) is 0 Å². The lowest BCUT2D eigenvalue weighted by Crippen LogP contribution is -2.62. The van der Waals surface area contributed by atoms with Gasteiger partial charge in [0.15, 0.2) is 0 Å². The first-order valence-electron chi connectivity index (χ1n) is 18.2. The maximum atomic E-state index is 13.6. The number of aliphatic carboxylic acids is 1. The molecular weight excluding hydrogens is 692 g/mol. The molecule has 0 unspecified atom stereocenters. The van der Waals surface area contributed by atoms with Crippen LogP contribution in [0.2, 0.25) is 0 Å². The number of unbranched alkanes of at least 4 members (excludes halogenated alkanes) is 2. The van der Waals surface area contributed by atoms with E-state index < -0.39 is 114 Å². The third kappa shape index (κ3) is 18.3. The summed E-state index contributed by atoms with van der Waals surface area (Å²) in [7, 11) is 0. The fraction of sp³-hybridized carbons (Fsp3) is 0.765. The van der Waals surface area contributed by atoms with Crippen molar-refractivity contribution in [3.8, 4) is 0 Å². The van der Waals surface area contributed by atoms with Gasteiger partial charge >= 0.3 is 5.97 Å². The molecule has 15 N–H and O–H groups in total. The summed E-state index contributed by atoms with van der Waals surface area (Å²) in [5.74, 6) is -8.21. The van der Waals surface area contributed by atoms with Crippen molar-refractivity contribution in [2.45, 2.75) is 136 Å². The first-order chi connectivity index (χ1) is 24.7. The summed E-state index contributed by atoms with van der Waals surface area (Å²) in [5.41, 5.74) is 22.0. The molecule has 0 bridgehead atoms. The first-order valence-corrected chi connectivity index (χ1v) is 18.2. The molecule has 19 nitrogen and oxygen atoms in total. The van der Waals surface area contributed by atoms with E-state index in [0.29, 0.717) is 38.8 Å². The van der Waals surface area contributed by atoms with Crippen LogP contribution in [0, 0.1) is 17.8 Å². The average molecular weight is 757 g/mol. The van der Waals surface area contributed by atoms with Gasteiger partial charge in [0.2, 0.25) is 41.4 Å². The topological polar surface area (TPSA) is 333 Å². The van der Waals surface area contributed by atoms with Gasteiger partial charge in [-0.2, -0.15) is 0 Å². The highest BCUT2D eigenvalue weighted by atomic mass is 16.4. The SMILES string of the molecule is CC(C)[C@H](NC(=O)[C@H](CCCCN)NC(=O)[C@H](C)N)C(=O)N[C@H](C(=O)N[C@H](C(=O)N[C@@H](CC(N)=O)C(=O)N[C@@H](CCCCN)C(=O)O)C(C)C)C(C)C. The van der Waals surface area contributed by atoms with Gasteiger partial charge in [0, 0.05) is 0 Å². The van der Waals surface area contributed by atoms with Gasteiger partial charge in [-0.05, 0) is 76.3 Å². The summed E-state index contributed by atoms with van der Waals surface area (Å²) in [6.45, 7) is 12.1. The van der Waals surface area contributed by atoms with Crippen LogP contribution in [0.3, 0.4) is 0 Å². The number of primary amides is 1. The second kappa shape index (κ2) is 24.8. The Kier molecular flexibility index (Phi) is 22.8. The van der Waals surface area contributed by atoms with Crippen molar-refractivity contribution in [1.82, 2.24) is 31.9 Å². The van der Waals surface area contributed by atoms with Crippen LogP contribution in [0.25, 0.3) is 0 Å². The van der Waals surface area contributed by atoms with Crippen molar-refractivity contribution in [1.29, 1.82) is 0 Å². The summed E-state index contributed by atoms with van der Waals surface area (Å²) in [6, 6.07) is -8.32. The summed E-state index contributed by atoms with van der Waals surface area (Å²) in [6.07, 6.45) is 1.71. The average Bonchev–Trinajstić information content (AvgIpc) is 3.05. The maximum Gasteiger partial charge on any atom is 0.326 e. The number of rotatable bonds is 26. The number of nitrogens with two attached hydrogens (primary N) is 4. The molecule has 0 spiro atoms. The molecule has 0 rings (SSSR count). The maximum absolute atomic E-state index is 13.6. The molecule has 0 aromatic carbocycles. The second-order valence-corrected chi connectivity index (χ2v) is 14.2. The van der Waals surface area contributed by atoms with Gasteiger partial charge < -0.3 is 59.9 Å². The zero-order valence-electron chi connectivity index (χ0n) is 32.2. The standard InChI is InChI=1S/C34H64N10O9/c1-17(2)25(31(49)41-23(16-24(38)45)30(48)40-22(34(52)53)13-9-11-15-36)43-33(51)27(19(5)6)44-32(50)26(18(3)4)42-29(47)21(12-8-10-14-35)39-28(46)20(7)37/h17-23,25-27H,8-16,35-37H2,1-7H3,(H2,38,45)(H,39,46)(H,40,48)(H,41,49)(H,42,47)(H,43,51)(H,44,50)(H,52,53)/t20-,21-,22-,23-,25-,26-,27-/m0/s1. The first kappa shape index (κ1) is 48.6. The lowest BCUT2D eigenvalue weighted by molar-refractivity contribution is -0.142. The minimum absolute atomic E-state index is 0.0589. The van der Waals surface area contributed by atoms with Crippen molar-refractivity contribution >= 4 is 47.3 Å². The van der Waals surface area contributed by atoms with Crippen molar-refractivity contribution in [3.05, 3.63) is 0 Å². The van der Waals surface area contributed by atoms with Crippen LogP contribution in [0.1, 0.15) is 93.4 Å². The molecule has 0 radical (unpaired) electrons. The highest BCUT2D eigenvalue weighted by molar-refractivity contribution is 5.98. The molecule has 0 heterocycles. The lowest BCUT2D eigenvalue weighted by Gasteiger charge is -2.30. The predicted octanol–water partition coefficient (Wildman–Crippen LogP) is -2.57. The Hall–Kier alpha value is -4.36.